The van der Waals surface area contributed by atoms with E-state index in [4.69, 9.17) is 4.74 Å². The van der Waals surface area contributed by atoms with E-state index in [2.05, 4.69) is 6.92 Å². The van der Waals surface area contributed by atoms with Crippen LogP contribution in [0.4, 0.5) is 0 Å². The summed E-state index contributed by atoms with van der Waals surface area (Å²) in [6, 6.07) is 1.84. The Bertz CT molecular complexity index is 357. The Morgan fingerprint density at radius 2 is 1.74 bits per heavy atom. The summed E-state index contributed by atoms with van der Waals surface area (Å²) in [5.74, 6) is 1.06. The number of unbranched alkanes of at least 4 members (excludes halogenated alkanes) is 7. The van der Waals surface area contributed by atoms with Crippen LogP contribution in [-0.4, -0.2) is 12.9 Å². The smallest absolute Gasteiger partial charge is 0.172 e. The highest BCUT2D eigenvalue weighted by Crippen LogP contribution is 2.23. The maximum absolute atomic E-state index is 11.9. The number of carbonyl (C=O) groups is 1. The molecular formula is C16H26O2S. The molecule has 1 aromatic heterocycles. The van der Waals surface area contributed by atoms with Crippen molar-refractivity contribution in [2.24, 2.45) is 0 Å². The van der Waals surface area contributed by atoms with Gasteiger partial charge < -0.3 is 4.74 Å². The van der Waals surface area contributed by atoms with E-state index in [1.54, 1.807) is 7.11 Å². The zero-order valence-corrected chi connectivity index (χ0v) is 13.1. The third-order valence-electron chi connectivity index (χ3n) is 3.34. The Kier molecular flexibility index (Phi) is 8.55. The van der Waals surface area contributed by atoms with Crippen molar-refractivity contribution in [2.75, 3.05) is 7.11 Å². The maximum atomic E-state index is 11.9. The number of methoxy groups -OCH3 is 1. The fourth-order valence-corrected chi connectivity index (χ4v) is 2.94. The fraction of sp³-hybridized carbons (Fsp3) is 0.688. The third-order valence-corrected chi connectivity index (χ3v) is 4.29. The van der Waals surface area contributed by atoms with Gasteiger partial charge in [0.1, 0.15) is 5.75 Å². The molecule has 0 spiro atoms. The zero-order valence-electron chi connectivity index (χ0n) is 12.2. The molecule has 0 amide bonds. The van der Waals surface area contributed by atoms with Gasteiger partial charge in [-0.3, -0.25) is 4.79 Å². The molecule has 0 bridgehead atoms. The quantitative estimate of drug-likeness (QED) is 0.397. The fourth-order valence-electron chi connectivity index (χ4n) is 2.11. The van der Waals surface area contributed by atoms with Crippen LogP contribution < -0.4 is 4.74 Å². The average Bonchev–Trinajstić information content (AvgIpc) is 2.90. The Hall–Kier alpha value is -0.830. The molecule has 0 unspecified atom stereocenters. The molecule has 0 aliphatic carbocycles. The minimum Gasteiger partial charge on any atom is -0.496 e. The van der Waals surface area contributed by atoms with Gasteiger partial charge in [-0.15, -0.1) is 11.3 Å². The van der Waals surface area contributed by atoms with Crippen molar-refractivity contribution in [2.45, 2.75) is 64.7 Å². The average molecular weight is 282 g/mol. The molecule has 0 aliphatic heterocycles. The van der Waals surface area contributed by atoms with Gasteiger partial charge in [-0.2, -0.15) is 0 Å². The Morgan fingerprint density at radius 1 is 1.11 bits per heavy atom. The minimum absolute atomic E-state index is 0.263. The topological polar surface area (TPSA) is 26.3 Å². The molecule has 3 heteroatoms. The molecule has 19 heavy (non-hydrogen) atoms. The lowest BCUT2D eigenvalue weighted by Gasteiger charge is -2.01. The molecule has 0 N–H and O–H groups in total. The molecule has 0 fully saturated rings. The van der Waals surface area contributed by atoms with E-state index in [0.29, 0.717) is 6.42 Å². The lowest BCUT2D eigenvalue weighted by atomic mass is 10.1. The van der Waals surface area contributed by atoms with Crippen molar-refractivity contribution in [1.29, 1.82) is 0 Å². The normalized spacial score (nSPS) is 10.6. The van der Waals surface area contributed by atoms with Crippen molar-refractivity contribution < 1.29 is 9.53 Å². The van der Waals surface area contributed by atoms with Crippen molar-refractivity contribution in [3.63, 3.8) is 0 Å². The number of ether oxygens (including phenoxy) is 1. The summed E-state index contributed by atoms with van der Waals surface area (Å²) in [6.45, 7) is 2.24. The first-order chi connectivity index (χ1) is 9.27. The standard InChI is InChI=1S/C16H26O2S/c1-3-4-5-6-7-8-9-10-11-15(17)16-12-14(18-2)13-19-16/h12-13H,3-11H2,1-2H3. The second-order valence-corrected chi connectivity index (χ2v) is 5.91. The van der Waals surface area contributed by atoms with Gasteiger partial charge in [0.15, 0.2) is 5.78 Å². The molecule has 108 valence electrons. The van der Waals surface area contributed by atoms with Gasteiger partial charge in [0, 0.05) is 17.9 Å². The summed E-state index contributed by atoms with van der Waals surface area (Å²) in [7, 11) is 1.63. The van der Waals surface area contributed by atoms with Gasteiger partial charge in [0.2, 0.25) is 0 Å². The molecule has 1 rings (SSSR count). The van der Waals surface area contributed by atoms with Gasteiger partial charge in [-0.05, 0) is 6.42 Å². The molecule has 0 aromatic carbocycles. The lowest BCUT2D eigenvalue weighted by Crippen LogP contribution is -1.95. The zero-order chi connectivity index (χ0) is 13.9. The third kappa shape index (κ3) is 6.76. The van der Waals surface area contributed by atoms with Gasteiger partial charge in [-0.25, -0.2) is 0 Å². The lowest BCUT2D eigenvalue weighted by molar-refractivity contribution is 0.0983. The van der Waals surface area contributed by atoms with Crippen LogP contribution in [0, 0.1) is 0 Å². The first-order valence-corrected chi connectivity index (χ1v) is 8.31. The van der Waals surface area contributed by atoms with E-state index in [1.165, 1.54) is 56.3 Å². The van der Waals surface area contributed by atoms with Crippen LogP contribution in [-0.2, 0) is 0 Å². The predicted octanol–water partition coefficient (Wildman–Crippen LogP) is 5.47. The van der Waals surface area contributed by atoms with Crippen LogP contribution in [0.2, 0.25) is 0 Å². The van der Waals surface area contributed by atoms with E-state index >= 15 is 0 Å². The van der Waals surface area contributed by atoms with Crippen LogP contribution in [0.25, 0.3) is 0 Å². The summed E-state index contributed by atoms with van der Waals surface area (Å²) >= 11 is 1.49. The van der Waals surface area contributed by atoms with Gasteiger partial charge in [-0.1, -0.05) is 51.9 Å². The molecule has 0 aliphatic rings. The molecule has 0 atom stereocenters. The van der Waals surface area contributed by atoms with Crippen LogP contribution in [0.1, 0.15) is 74.4 Å². The maximum Gasteiger partial charge on any atom is 0.172 e. The van der Waals surface area contributed by atoms with E-state index < -0.39 is 0 Å². The summed E-state index contributed by atoms with van der Waals surface area (Å²) < 4.78 is 5.09. The highest BCUT2D eigenvalue weighted by molar-refractivity contribution is 7.12. The second kappa shape index (κ2) is 10.0. The van der Waals surface area contributed by atoms with Crippen molar-refractivity contribution in [3.05, 3.63) is 16.3 Å². The molecule has 0 saturated heterocycles. The predicted molar refractivity (Wildman–Crippen MR) is 82.4 cm³/mol. The van der Waals surface area contributed by atoms with Crippen LogP contribution in [0.3, 0.4) is 0 Å². The van der Waals surface area contributed by atoms with Gasteiger partial charge >= 0.3 is 0 Å². The van der Waals surface area contributed by atoms with Crippen LogP contribution in [0.15, 0.2) is 11.4 Å². The Labute approximate surface area is 121 Å². The van der Waals surface area contributed by atoms with E-state index in [-0.39, 0.29) is 5.78 Å². The van der Waals surface area contributed by atoms with E-state index in [9.17, 15) is 4.79 Å². The largest absolute Gasteiger partial charge is 0.496 e. The van der Waals surface area contributed by atoms with E-state index in [0.717, 1.165) is 17.0 Å². The number of rotatable bonds is 11. The molecule has 2 nitrogen and oxygen atoms in total. The number of hydrogen-bond donors (Lipinski definition) is 0. The van der Waals surface area contributed by atoms with Crippen molar-refractivity contribution in [1.82, 2.24) is 0 Å². The minimum atomic E-state index is 0.263. The van der Waals surface area contributed by atoms with Gasteiger partial charge in [0.05, 0.1) is 12.0 Å². The van der Waals surface area contributed by atoms with E-state index in [1.807, 2.05) is 11.4 Å². The number of carbonyl (C=O) groups excluding carboxylic acids is 1. The summed E-state index contributed by atoms with van der Waals surface area (Å²) in [6.07, 6.45) is 10.9. The Balaban J connectivity index is 2.04. The number of ketones is 1. The number of Topliss-reactive ketones (excluding diaryl/α,β-unsaturated/α-hetero) is 1. The molecule has 1 heterocycles. The van der Waals surface area contributed by atoms with Crippen LogP contribution >= 0.6 is 11.3 Å². The molecule has 1 aromatic rings. The molecular weight excluding hydrogens is 256 g/mol. The molecule has 0 saturated carbocycles. The monoisotopic (exact) mass is 282 g/mol. The first kappa shape index (κ1) is 16.2. The summed E-state index contributed by atoms with van der Waals surface area (Å²) in [5, 5.41) is 1.89. The van der Waals surface area contributed by atoms with Crippen LogP contribution in [0.5, 0.6) is 5.75 Å². The summed E-state index contributed by atoms with van der Waals surface area (Å²) in [5.41, 5.74) is 0. The highest BCUT2D eigenvalue weighted by atomic mass is 32.1. The highest BCUT2D eigenvalue weighted by Gasteiger charge is 2.08. The number of thiophene rings is 1. The molecule has 0 radical (unpaired) electrons. The summed E-state index contributed by atoms with van der Waals surface area (Å²) in [4.78, 5) is 12.7. The SMILES string of the molecule is CCCCCCCCCCC(=O)c1cc(OC)cs1. The number of hydrogen-bond acceptors (Lipinski definition) is 3. The second-order valence-electron chi connectivity index (χ2n) is 5.00. The first-order valence-electron chi connectivity index (χ1n) is 7.43. The Morgan fingerprint density at radius 3 is 2.32 bits per heavy atom. The van der Waals surface area contributed by atoms with Gasteiger partial charge in [0.25, 0.3) is 0 Å². The van der Waals surface area contributed by atoms with Crippen molar-refractivity contribution in [3.8, 4) is 5.75 Å². The van der Waals surface area contributed by atoms with Crippen molar-refractivity contribution >= 4 is 17.1 Å².